The molecule has 0 bridgehead atoms. The summed E-state index contributed by atoms with van der Waals surface area (Å²) in [5.74, 6) is 1.17. The minimum absolute atomic E-state index is 0.349. The van der Waals surface area contributed by atoms with E-state index in [4.69, 9.17) is 0 Å². The van der Waals surface area contributed by atoms with Crippen molar-refractivity contribution < 1.29 is 5.11 Å². The summed E-state index contributed by atoms with van der Waals surface area (Å²) in [5.41, 5.74) is 4.76. The van der Waals surface area contributed by atoms with Crippen LogP contribution >= 0.6 is 0 Å². The van der Waals surface area contributed by atoms with Crippen LogP contribution < -0.4 is 10.2 Å². The number of aromatic nitrogens is 5. The van der Waals surface area contributed by atoms with Crippen LogP contribution in [0.1, 0.15) is 24.2 Å². The molecule has 170 valence electrons. The molecule has 9 heteroatoms. The number of rotatable bonds is 5. The van der Waals surface area contributed by atoms with Gasteiger partial charge in [-0.05, 0) is 68.3 Å². The largest absolute Gasteiger partial charge is 0.391 e. The minimum atomic E-state index is -0.349. The molecule has 0 amide bonds. The van der Waals surface area contributed by atoms with Crippen LogP contribution in [-0.2, 0) is 0 Å². The van der Waals surface area contributed by atoms with Gasteiger partial charge < -0.3 is 15.3 Å². The third-order valence-corrected chi connectivity index (χ3v) is 5.75. The molecule has 9 nitrogen and oxygen atoms in total. The molecule has 0 radical (unpaired) electrons. The molecule has 0 spiro atoms. The van der Waals surface area contributed by atoms with Crippen LogP contribution in [0.5, 0.6) is 0 Å². The van der Waals surface area contributed by atoms with Gasteiger partial charge in [0.15, 0.2) is 0 Å². The Morgan fingerprint density at radius 1 is 1.09 bits per heavy atom. The highest BCUT2D eigenvalue weighted by Gasteiger charge is 2.19. The van der Waals surface area contributed by atoms with Gasteiger partial charge in [-0.1, -0.05) is 0 Å². The average molecular weight is 453 g/mol. The van der Waals surface area contributed by atoms with Gasteiger partial charge in [0.1, 0.15) is 12.2 Å². The molecule has 0 aliphatic carbocycles. The Morgan fingerprint density at radius 2 is 1.94 bits per heavy atom. The molecule has 2 aromatic heterocycles. The van der Waals surface area contributed by atoms with Crippen molar-refractivity contribution in [2.75, 3.05) is 23.3 Å². The topological polar surface area (TPSA) is 116 Å². The molecule has 1 aliphatic heterocycles. The van der Waals surface area contributed by atoms with Gasteiger partial charge in [0, 0.05) is 36.2 Å². The van der Waals surface area contributed by atoms with E-state index in [9.17, 15) is 10.4 Å². The molecule has 1 unspecified atom stereocenters. The minimum Gasteiger partial charge on any atom is -0.391 e. The van der Waals surface area contributed by atoms with Gasteiger partial charge in [0.05, 0.1) is 29.1 Å². The summed E-state index contributed by atoms with van der Waals surface area (Å²) < 4.78 is 1.72. The molecule has 34 heavy (non-hydrogen) atoms. The fraction of sp³-hybridized carbons (Fsp3) is 0.240. The first-order chi connectivity index (χ1) is 16.6. The summed E-state index contributed by atoms with van der Waals surface area (Å²) in [6.45, 7) is 3.27. The van der Waals surface area contributed by atoms with E-state index >= 15 is 0 Å². The van der Waals surface area contributed by atoms with Crippen LogP contribution in [0.25, 0.3) is 16.9 Å². The monoisotopic (exact) mass is 452 g/mol. The van der Waals surface area contributed by atoms with Crippen molar-refractivity contribution in [3.63, 3.8) is 0 Å². The first kappa shape index (κ1) is 21.6. The van der Waals surface area contributed by atoms with Crippen LogP contribution in [0.3, 0.4) is 0 Å². The Labute approximate surface area is 197 Å². The number of β-amino-alcohol motifs (C(OH)–C–C–N with tert-alkyl or cyclic N) is 1. The first-order valence-electron chi connectivity index (χ1n) is 11.1. The van der Waals surface area contributed by atoms with Crippen molar-refractivity contribution in [1.29, 1.82) is 5.26 Å². The lowest BCUT2D eigenvalue weighted by atomic mass is 10.0. The summed E-state index contributed by atoms with van der Waals surface area (Å²) >= 11 is 0. The number of benzene rings is 2. The van der Waals surface area contributed by atoms with E-state index in [1.807, 2.05) is 55.5 Å². The number of hydrogen-bond donors (Lipinski definition) is 2. The fourth-order valence-corrected chi connectivity index (χ4v) is 4.07. The molecule has 3 heterocycles. The van der Waals surface area contributed by atoms with Crippen LogP contribution in [0.4, 0.5) is 17.3 Å². The maximum atomic E-state index is 10.1. The predicted octanol–water partition coefficient (Wildman–Crippen LogP) is 3.61. The zero-order valence-corrected chi connectivity index (χ0v) is 18.8. The van der Waals surface area contributed by atoms with Crippen LogP contribution in [0.2, 0.25) is 0 Å². The summed E-state index contributed by atoms with van der Waals surface area (Å²) in [7, 11) is 0. The van der Waals surface area contributed by atoms with Crippen molar-refractivity contribution in [1.82, 2.24) is 24.7 Å². The molecule has 1 atom stereocenters. The molecular formula is C25H24N8O. The summed E-state index contributed by atoms with van der Waals surface area (Å²) in [6, 6.07) is 17.5. The van der Waals surface area contributed by atoms with E-state index < -0.39 is 0 Å². The highest BCUT2D eigenvalue weighted by Crippen LogP contribution is 2.28. The van der Waals surface area contributed by atoms with Crippen LogP contribution in [0, 0.1) is 18.3 Å². The van der Waals surface area contributed by atoms with E-state index in [2.05, 4.69) is 36.3 Å². The second-order valence-electron chi connectivity index (χ2n) is 8.30. The number of hydrogen-bond acceptors (Lipinski definition) is 8. The Morgan fingerprint density at radius 3 is 2.68 bits per heavy atom. The van der Waals surface area contributed by atoms with Crippen molar-refractivity contribution in [2.45, 2.75) is 25.9 Å². The van der Waals surface area contributed by atoms with Gasteiger partial charge in [-0.2, -0.15) is 10.4 Å². The lowest BCUT2D eigenvalue weighted by Gasteiger charge is -2.32. The van der Waals surface area contributed by atoms with E-state index in [0.29, 0.717) is 29.6 Å². The number of nitriles is 1. The number of piperidine rings is 1. The third-order valence-electron chi connectivity index (χ3n) is 5.75. The molecule has 1 aliphatic rings. The van der Waals surface area contributed by atoms with Gasteiger partial charge in [0.25, 0.3) is 0 Å². The van der Waals surface area contributed by atoms with Gasteiger partial charge in [-0.3, -0.25) is 0 Å². The van der Waals surface area contributed by atoms with Crippen LogP contribution in [-0.4, -0.2) is 49.0 Å². The Bertz CT molecular complexity index is 1340. The lowest BCUT2D eigenvalue weighted by Crippen LogP contribution is -2.38. The summed E-state index contributed by atoms with van der Waals surface area (Å²) in [5, 5.41) is 27.2. The molecule has 4 aromatic rings. The van der Waals surface area contributed by atoms with E-state index in [1.165, 1.54) is 0 Å². The highest BCUT2D eigenvalue weighted by molar-refractivity contribution is 5.70. The first-order valence-corrected chi connectivity index (χ1v) is 11.1. The second kappa shape index (κ2) is 9.29. The zero-order valence-electron chi connectivity index (χ0n) is 18.8. The smallest absolute Gasteiger partial charge is 0.227 e. The molecular weight excluding hydrogens is 428 g/mol. The SMILES string of the molecule is Cc1ncn(-c2ccc(Nc3nccc(-c4cc(C#N)cc(N5CCCC(O)C5)c4)n3)cc2)n1. The molecule has 2 N–H and O–H groups in total. The third kappa shape index (κ3) is 4.72. The fourth-order valence-electron chi connectivity index (χ4n) is 4.07. The van der Waals surface area contributed by atoms with E-state index in [0.717, 1.165) is 42.0 Å². The maximum absolute atomic E-state index is 10.1. The Balaban J connectivity index is 1.38. The average Bonchev–Trinajstić information content (AvgIpc) is 3.30. The highest BCUT2D eigenvalue weighted by atomic mass is 16.3. The summed E-state index contributed by atoms with van der Waals surface area (Å²) in [4.78, 5) is 15.3. The standard InChI is InChI=1S/C25H24N8O/c1-17-28-16-33(31-17)21-6-4-20(5-7-21)29-25-27-9-8-24(30-25)19-11-18(14-26)12-22(13-19)32-10-2-3-23(34)15-32/h4-9,11-13,16,23,34H,2-3,10,15H2,1H3,(H,27,29,30). The number of aliphatic hydroxyl groups excluding tert-OH is 1. The molecule has 2 aromatic carbocycles. The number of nitrogens with one attached hydrogen (secondary N) is 1. The Kier molecular flexibility index (Phi) is 5.89. The number of aryl methyl sites for hydroxylation is 1. The molecule has 1 fully saturated rings. The lowest BCUT2D eigenvalue weighted by molar-refractivity contribution is 0.154. The normalized spacial score (nSPS) is 15.7. The Hall–Kier alpha value is -4.29. The molecule has 0 saturated carbocycles. The van der Waals surface area contributed by atoms with Crippen molar-refractivity contribution in [3.8, 4) is 23.0 Å². The molecule has 1 saturated heterocycles. The van der Waals surface area contributed by atoms with Gasteiger partial charge >= 0.3 is 0 Å². The zero-order chi connectivity index (χ0) is 23.5. The van der Waals surface area contributed by atoms with E-state index in [1.54, 1.807) is 17.2 Å². The van der Waals surface area contributed by atoms with Crippen molar-refractivity contribution in [3.05, 3.63) is 72.4 Å². The van der Waals surface area contributed by atoms with Crippen molar-refractivity contribution >= 4 is 17.3 Å². The van der Waals surface area contributed by atoms with Gasteiger partial charge in [-0.25, -0.2) is 19.6 Å². The second-order valence-corrected chi connectivity index (χ2v) is 8.30. The van der Waals surface area contributed by atoms with Crippen LogP contribution in [0.15, 0.2) is 61.1 Å². The quantitative estimate of drug-likeness (QED) is 0.472. The predicted molar refractivity (Wildman–Crippen MR) is 129 cm³/mol. The number of aliphatic hydroxyl groups is 1. The maximum Gasteiger partial charge on any atom is 0.227 e. The van der Waals surface area contributed by atoms with Gasteiger partial charge in [-0.15, -0.1) is 0 Å². The van der Waals surface area contributed by atoms with E-state index in [-0.39, 0.29) is 6.10 Å². The van der Waals surface area contributed by atoms with Crippen molar-refractivity contribution in [2.24, 2.45) is 0 Å². The van der Waals surface area contributed by atoms with Gasteiger partial charge in [0.2, 0.25) is 5.95 Å². The number of nitrogens with zero attached hydrogens (tertiary/aromatic N) is 7. The number of anilines is 3. The summed E-state index contributed by atoms with van der Waals surface area (Å²) in [6.07, 6.45) is 4.75. The molecule has 5 rings (SSSR count).